The molecule has 0 fully saturated rings. The van der Waals surface area contributed by atoms with Crippen LogP contribution in [0, 0.1) is 28.5 Å². The first kappa shape index (κ1) is 23.4. The molecule has 2 aromatic carbocycles. The van der Waals surface area contributed by atoms with E-state index < -0.39 is 17.2 Å². The number of hydrogen-bond donors (Lipinski definition) is 0. The van der Waals surface area contributed by atoms with Crippen molar-refractivity contribution < 1.29 is 18.7 Å². The molecule has 1 heterocycles. The summed E-state index contributed by atoms with van der Waals surface area (Å²) in [5, 5.41) is 18.2. The van der Waals surface area contributed by atoms with Crippen molar-refractivity contribution >= 4 is 5.78 Å². The molecule has 0 N–H and O–H groups in total. The van der Waals surface area contributed by atoms with Gasteiger partial charge in [-0.15, -0.1) is 0 Å². The molecule has 3 rings (SSSR count). The van der Waals surface area contributed by atoms with E-state index >= 15 is 0 Å². The molecule has 0 unspecified atom stereocenters. The topological polar surface area (TPSA) is 105 Å². The SMILES string of the molecule is COCCCn1cc(C(=O)c2cc(F)ccc2OCc2ccc(C#N)cc2)cc(C#N)c1=O. The summed E-state index contributed by atoms with van der Waals surface area (Å²) >= 11 is 0. The van der Waals surface area contributed by atoms with Gasteiger partial charge in [0.2, 0.25) is 0 Å². The van der Waals surface area contributed by atoms with Crippen molar-refractivity contribution in [1.82, 2.24) is 4.57 Å². The van der Waals surface area contributed by atoms with Crippen molar-refractivity contribution in [2.45, 2.75) is 19.6 Å². The van der Waals surface area contributed by atoms with E-state index in [0.29, 0.717) is 18.6 Å². The number of hydrogen-bond acceptors (Lipinski definition) is 6. The Balaban J connectivity index is 1.92. The Morgan fingerprint density at radius 3 is 2.52 bits per heavy atom. The molecule has 0 aliphatic carbocycles. The molecule has 7 nitrogen and oxygen atoms in total. The minimum absolute atomic E-state index is 0.0328. The predicted molar refractivity (Wildman–Crippen MR) is 117 cm³/mol. The van der Waals surface area contributed by atoms with Crippen LogP contribution in [-0.4, -0.2) is 24.1 Å². The van der Waals surface area contributed by atoms with Crippen molar-refractivity contribution in [2.75, 3.05) is 13.7 Å². The molecule has 0 bridgehead atoms. The van der Waals surface area contributed by atoms with E-state index in [0.717, 1.165) is 11.6 Å². The molecule has 1 aromatic heterocycles. The maximum Gasteiger partial charge on any atom is 0.268 e. The van der Waals surface area contributed by atoms with Gasteiger partial charge >= 0.3 is 0 Å². The standard InChI is InChI=1S/C25H20FN3O4/c1-32-10-2-9-29-15-20(11-19(14-28)25(29)31)24(30)22-12-21(26)7-8-23(22)33-16-18-5-3-17(13-27)4-6-18/h3-8,11-12,15H,2,9-10,16H2,1H3. The summed E-state index contributed by atoms with van der Waals surface area (Å²) in [6.07, 6.45) is 1.87. The molecule has 0 radical (unpaired) electrons. The Hall–Kier alpha value is -4.27. The number of carbonyl (C=O) groups excluding carboxylic acids is 1. The Bertz CT molecular complexity index is 1300. The van der Waals surface area contributed by atoms with Crippen molar-refractivity contribution in [3.63, 3.8) is 0 Å². The lowest BCUT2D eigenvalue weighted by atomic mass is 10.0. The van der Waals surface area contributed by atoms with E-state index in [2.05, 4.69) is 0 Å². The largest absolute Gasteiger partial charge is 0.488 e. The first-order chi connectivity index (χ1) is 16.0. The monoisotopic (exact) mass is 445 g/mol. The van der Waals surface area contributed by atoms with Crippen LogP contribution in [0.1, 0.15) is 39.0 Å². The number of carbonyl (C=O) groups is 1. The summed E-state index contributed by atoms with van der Waals surface area (Å²) in [5.74, 6) is -1.05. The third kappa shape index (κ3) is 5.70. The molecule has 166 valence electrons. The minimum atomic E-state index is -0.627. The third-order valence-electron chi connectivity index (χ3n) is 4.88. The number of nitriles is 2. The predicted octanol–water partition coefficient (Wildman–Crippen LogP) is 3.58. The smallest absolute Gasteiger partial charge is 0.268 e. The highest BCUT2D eigenvalue weighted by molar-refractivity contribution is 6.10. The maximum atomic E-state index is 14.0. The lowest BCUT2D eigenvalue weighted by molar-refractivity contribution is 0.103. The summed E-state index contributed by atoms with van der Waals surface area (Å²) < 4.78 is 26.0. The first-order valence-corrected chi connectivity index (χ1v) is 10.1. The fourth-order valence-electron chi connectivity index (χ4n) is 3.18. The maximum absolute atomic E-state index is 14.0. The average Bonchev–Trinajstić information content (AvgIpc) is 2.84. The van der Waals surface area contributed by atoms with Crippen LogP contribution in [0.4, 0.5) is 4.39 Å². The van der Waals surface area contributed by atoms with Gasteiger partial charge in [0.1, 0.15) is 29.8 Å². The van der Waals surface area contributed by atoms with Crippen LogP contribution in [0.2, 0.25) is 0 Å². The van der Waals surface area contributed by atoms with Crippen LogP contribution in [0.5, 0.6) is 5.75 Å². The molecule has 0 atom stereocenters. The van der Waals surface area contributed by atoms with Crippen LogP contribution < -0.4 is 10.3 Å². The van der Waals surface area contributed by atoms with E-state index in [9.17, 15) is 19.2 Å². The number of halogens is 1. The van der Waals surface area contributed by atoms with Crippen LogP contribution in [0.25, 0.3) is 0 Å². The van der Waals surface area contributed by atoms with E-state index in [1.807, 2.05) is 12.1 Å². The number of nitrogens with zero attached hydrogens (tertiary/aromatic N) is 3. The number of aryl methyl sites for hydroxylation is 1. The Kier molecular flexibility index (Phi) is 7.69. The van der Waals surface area contributed by atoms with Gasteiger partial charge in [0.05, 0.1) is 17.2 Å². The zero-order valence-electron chi connectivity index (χ0n) is 17.9. The Morgan fingerprint density at radius 2 is 1.85 bits per heavy atom. The highest BCUT2D eigenvalue weighted by Gasteiger charge is 2.19. The number of rotatable bonds is 9. The molecule has 0 saturated heterocycles. The number of benzene rings is 2. The lowest BCUT2D eigenvalue weighted by Gasteiger charge is -2.13. The van der Waals surface area contributed by atoms with Gasteiger partial charge in [-0.05, 0) is 48.4 Å². The summed E-state index contributed by atoms with van der Waals surface area (Å²) in [5.41, 5.74) is 0.601. The molecule has 3 aromatic rings. The highest BCUT2D eigenvalue weighted by Crippen LogP contribution is 2.24. The van der Waals surface area contributed by atoms with Crippen molar-refractivity contribution in [3.8, 4) is 17.9 Å². The van der Waals surface area contributed by atoms with E-state index in [4.69, 9.17) is 14.7 Å². The van der Waals surface area contributed by atoms with Gasteiger partial charge in [0.25, 0.3) is 5.56 Å². The third-order valence-corrected chi connectivity index (χ3v) is 4.88. The molecule has 0 aliphatic rings. The zero-order valence-corrected chi connectivity index (χ0v) is 17.9. The zero-order chi connectivity index (χ0) is 23.8. The molecule has 0 saturated carbocycles. The highest BCUT2D eigenvalue weighted by atomic mass is 19.1. The summed E-state index contributed by atoms with van der Waals surface area (Å²) in [6.45, 7) is 0.759. The molecule has 33 heavy (non-hydrogen) atoms. The Labute approximate surface area is 189 Å². The van der Waals surface area contributed by atoms with Gasteiger partial charge in [0.15, 0.2) is 5.78 Å². The van der Waals surface area contributed by atoms with Crippen LogP contribution >= 0.6 is 0 Å². The fourth-order valence-corrected chi connectivity index (χ4v) is 3.18. The van der Waals surface area contributed by atoms with Crippen LogP contribution in [0.3, 0.4) is 0 Å². The van der Waals surface area contributed by atoms with Gasteiger partial charge in [-0.3, -0.25) is 9.59 Å². The molecular formula is C25H20FN3O4. The second kappa shape index (κ2) is 10.9. The van der Waals surface area contributed by atoms with Gasteiger partial charge in [-0.25, -0.2) is 4.39 Å². The molecule has 8 heteroatoms. The van der Waals surface area contributed by atoms with E-state index in [-0.39, 0.29) is 35.6 Å². The first-order valence-electron chi connectivity index (χ1n) is 10.1. The van der Waals surface area contributed by atoms with Crippen LogP contribution in [0.15, 0.2) is 59.5 Å². The summed E-state index contributed by atoms with van der Waals surface area (Å²) in [4.78, 5) is 25.7. The second-order valence-corrected chi connectivity index (χ2v) is 7.17. The van der Waals surface area contributed by atoms with E-state index in [1.54, 1.807) is 24.3 Å². The Morgan fingerprint density at radius 1 is 1.09 bits per heavy atom. The van der Waals surface area contributed by atoms with Gasteiger partial charge < -0.3 is 14.0 Å². The van der Waals surface area contributed by atoms with Gasteiger partial charge in [-0.2, -0.15) is 10.5 Å². The molecular weight excluding hydrogens is 425 g/mol. The fraction of sp³-hybridized carbons (Fsp3) is 0.200. The minimum Gasteiger partial charge on any atom is -0.488 e. The summed E-state index contributed by atoms with van der Waals surface area (Å²) in [6, 6.07) is 15.4. The number of methoxy groups -OCH3 is 1. The quantitative estimate of drug-likeness (QED) is 0.368. The summed E-state index contributed by atoms with van der Waals surface area (Å²) in [7, 11) is 1.53. The normalized spacial score (nSPS) is 10.3. The number of ether oxygens (including phenoxy) is 2. The second-order valence-electron chi connectivity index (χ2n) is 7.17. The van der Waals surface area contributed by atoms with Gasteiger partial charge in [0, 0.05) is 32.0 Å². The number of ketones is 1. The van der Waals surface area contributed by atoms with Crippen molar-refractivity contribution in [3.05, 3.63) is 98.7 Å². The molecule has 0 amide bonds. The molecule has 0 spiro atoms. The van der Waals surface area contributed by atoms with Crippen LogP contribution in [-0.2, 0) is 17.9 Å². The number of aromatic nitrogens is 1. The van der Waals surface area contributed by atoms with Crippen molar-refractivity contribution in [2.24, 2.45) is 0 Å². The van der Waals surface area contributed by atoms with Crippen molar-refractivity contribution in [1.29, 1.82) is 10.5 Å². The molecule has 0 aliphatic heterocycles. The average molecular weight is 445 g/mol. The lowest BCUT2D eigenvalue weighted by Crippen LogP contribution is -2.24. The number of pyridine rings is 1. The van der Waals surface area contributed by atoms with Gasteiger partial charge in [-0.1, -0.05) is 12.1 Å². The van der Waals surface area contributed by atoms with E-state index in [1.165, 1.54) is 36.1 Å².